The van der Waals surface area contributed by atoms with E-state index in [4.69, 9.17) is 5.26 Å². The molecular weight excluding hydrogens is 202 g/mol. The fraction of sp³-hybridized carbons (Fsp3) is 0.0909. The lowest BCUT2D eigenvalue weighted by molar-refractivity contribution is 0.661. The van der Waals surface area contributed by atoms with E-state index in [0.717, 1.165) is 5.56 Å². The van der Waals surface area contributed by atoms with Crippen molar-refractivity contribution in [2.24, 2.45) is 0 Å². The largest absolute Gasteiger partial charge is 0.229 e. The van der Waals surface area contributed by atoms with Gasteiger partial charge in [-0.1, -0.05) is 24.3 Å². The zero-order valence-electron chi connectivity index (χ0n) is 8.48. The fourth-order valence-corrected chi connectivity index (χ4v) is 1.23. The van der Waals surface area contributed by atoms with Gasteiger partial charge in [-0.05, 0) is 28.1 Å². The summed E-state index contributed by atoms with van der Waals surface area (Å²) in [7, 11) is 0. The van der Waals surface area contributed by atoms with Crippen molar-refractivity contribution in [1.29, 1.82) is 5.26 Å². The van der Waals surface area contributed by atoms with Gasteiger partial charge in [-0.15, -0.1) is 5.10 Å². The summed E-state index contributed by atoms with van der Waals surface area (Å²) in [6.07, 6.45) is 5.48. The van der Waals surface area contributed by atoms with Crippen LogP contribution in [0.2, 0.25) is 0 Å². The number of tetrazole rings is 1. The van der Waals surface area contributed by atoms with E-state index in [1.807, 2.05) is 24.3 Å². The molecule has 0 N–H and O–H groups in total. The van der Waals surface area contributed by atoms with Gasteiger partial charge < -0.3 is 0 Å². The molecule has 1 aromatic heterocycles. The lowest BCUT2D eigenvalue weighted by Crippen LogP contribution is -1.95. The Morgan fingerprint density at radius 2 is 2.12 bits per heavy atom. The van der Waals surface area contributed by atoms with Gasteiger partial charge in [0.15, 0.2) is 0 Å². The first-order valence-corrected chi connectivity index (χ1v) is 4.76. The molecule has 5 heteroatoms. The Hall–Kier alpha value is -2.48. The average molecular weight is 211 g/mol. The standard InChI is InChI=1S/C11H9N5/c12-8-11-5-3-10(4-6-11)2-1-7-16-9-13-14-15-16/h1-6,9H,7H2/b2-1+. The maximum absolute atomic E-state index is 8.64. The van der Waals surface area contributed by atoms with Gasteiger partial charge in [-0.2, -0.15) is 5.26 Å². The number of rotatable bonds is 3. The van der Waals surface area contributed by atoms with E-state index in [2.05, 4.69) is 21.6 Å². The predicted octanol–water partition coefficient (Wildman–Crippen LogP) is 1.26. The zero-order valence-corrected chi connectivity index (χ0v) is 8.48. The first kappa shape index (κ1) is 10.1. The molecule has 2 rings (SSSR count). The Morgan fingerprint density at radius 3 is 2.75 bits per heavy atom. The third kappa shape index (κ3) is 2.51. The number of hydrogen-bond donors (Lipinski definition) is 0. The van der Waals surface area contributed by atoms with Crippen LogP contribution in [0.4, 0.5) is 0 Å². The monoisotopic (exact) mass is 211 g/mol. The fourth-order valence-electron chi connectivity index (χ4n) is 1.23. The van der Waals surface area contributed by atoms with E-state index in [1.165, 1.54) is 0 Å². The predicted molar refractivity (Wildman–Crippen MR) is 58.0 cm³/mol. The molecular formula is C11H9N5. The van der Waals surface area contributed by atoms with Crippen LogP contribution in [0, 0.1) is 11.3 Å². The van der Waals surface area contributed by atoms with Crippen molar-refractivity contribution in [1.82, 2.24) is 20.2 Å². The van der Waals surface area contributed by atoms with Crippen LogP contribution in [0.15, 0.2) is 36.7 Å². The van der Waals surface area contributed by atoms with E-state index in [1.54, 1.807) is 23.1 Å². The summed E-state index contributed by atoms with van der Waals surface area (Å²) >= 11 is 0. The number of allylic oxidation sites excluding steroid dienone is 1. The topological polar surface area (TPSA) is 67.4 Å². The Kier molecular flexibility index (Phi) is 3.04. The number of benzene rings is 1. The first-order valence-electron chi connectivity index (χ1n) is 4.76. The average Bonchev–Trinajstić information content (AvgIpc) is 2.83. The second kappa shape index (κ2) is 4.84. The Labute approximate surface area is 92.6 Å². The summed E-state index contributed by atoms with van der Waals surface area (Å²) in [6, 6.07) is 9.45. The lowest BCUT2D eigenvalue weighted by atomic mass is 10.1. The van der Waals surface area contributed by atoms with Crippen molar-refractivity contribution >= 4 is 6.08 Å². The molecule has 5 nitrogen and oxygen atoms in total. The maximum atomic E-state index is 8.64. The summed E-state index contributed by atoms with van der Waals surface area (Å²) in [6.45, 7) is 0.632. The molecule has 0 aliphatic carbocycles. The number of nitriles is 1. The van der Waals surface area contributed by atoms with Gasteiger partial charge in [0.2, 0.25) is 0 Å². The van der Waals surface area contributed by atoms with Crippen molar-refractivity contribution in [3.63, 3.8) is 0 Å². The van der Waals surface area contributed by atoms with Gasteiger partial charge >= 0.3 is 0 Å². The van der Waals surface area contributed by atoms with E-state index >= 15 is 0 Å². The second-order valence-corrected chi connectivity index (χ2v) is 3.17. The van der Waals surface area contributed by atoms with Crippen molar-refractivity contribution < 1.29 is 0 Å². The minimum atomic E-state index is 0.632. The van der Waals surface area contributed by atoms with Gasteiger partial charge in [0, 0.05) is 0 Å². The SMILES string of the molecule is N#Cc1ccc(/C=C/Cn2cnnn2)cc1. The molecule has 0 atom stereocenters. The summed E-state index contributed by atoms with van der Waals surface area (Å²) in [5.74, 6) is 0. The molecule has 0 radical (unpaired) electrons. The van der Waals surface area contributed by atoms with Crippen molar-refractivity contribution in [3.05, 3.63) is 47.8 Å². The molecule has 0 saturated carbocycles. The van der Waals surface area contributed by atoms with Crippen LogP contribution >= 0.6 is 0 Å². The Balaban J connectivity index is 1.98. The molecule has 0 spiro atoms. The highest BCUT2D eigenvalue weighted by atomic mass is 15.5. The minimum absolute atomic E-state index is 0.632. The number of nitrogens with zero attached hydrogens (tertiary/aromatic N) is 5. The molecule has 0 unspecified atom stereocenters. The van der Waals surface area contributed by atoms with E-state index in [9.17, 15) is 0 Å². The van der Waals surface area contributed by atoms with Crippen LogP contribution < -0.4 is 0 Å². The summed E-state index contributed by atoms with van der Waals surface area (Å²) in [5.41, 5.74) is 1.71. The van der Waals surface area contributed by atoms with Gasteiger partial charge in [-0.25, -0.2) is 4.68 Å². The number of hydrogen-bond acceptors (Lipinski definition) is 4. The third-order valence-electron chi connectivity index (χ3n) is 2.03. The molecule has 0 bridgehead atoms. The molecule has 0 fully saturated rings. The lowest BCUT2D eigenvalue weighted by Gasteiger charge is -1.94. The highest BCUT2D eigenvalue weighted by molar-refractivity contribution is 5.50. The minimum Gasteiger partial charge on any atom is -0.229 e. The summed E-state index contributed by atoms with van der Waals surface area (Å²) in [5, 5.41) is 19.4. The van der Waals surface area contributed by atoms with Gasteiger partial charge in [-0.3, -0.25) is 0 Å². The summed E-state index contributed by atoms with van der Waals surface area (Å²) < 4.78 is 1.63. The van der Waals surface area contributed by atoms with E-state index < -0.39 is 0 Å². The molecule has 2 aromatic rings. The Bertz CT molecular complexity index is 504. The highest BCUT2D eigenvalue weighted by Crippen LogP contribution is 2.05. The number of aromatic nitrogens is 4. The molecule has 0 saturated heterocycles. The summed E-state index contributed by atoms with van der Waals surface area (Å²) in [4.78, 5) is 0. The quantitative estimate of drug-likeness (QED) is 0.766. The van der Waals surface area contributed by atoms with E-state index in [0.29, 0.717) is 12.1 Å². The second-order valence-electron chi connectivity index (χ2n) is 3.17. The van der Waals surface area contributed by atoms with Gasteiger partial charge in [0.1, 0.15) is 6.33 Å². The third-order valence-corrected chi connectivity index (χ3v) is 2.03. The van der Waals surface area contributed by atoms with Crippen LogP contribution in [-0.2, 0) is 6.54 Å². The van der Waals surface area contributed by atoms with Gasteiger partial charge in [0.05, 0.1) is 18.2 Å². The van der Waals surface area contributed by atoms with Crippen LogP contribution in [0.3, 0.4) is 0 Å². The van der Waals surface area contributed by atoms with Crippen LogP contribution in [-0.4, -0.2) is 20.2 Å². The van der Waals surface area contributed by atoms with E-state index in [-0.39, 0.29) is 0 Å². The molecule has 0 aliphatic heterocycles. The van der Waals surface area contributed by atoms with Crippen molar-refractivity contribution in [3.8, 4) is 6.07 Å². The van der Waals surface area contributed by atoms with Crippen molar-refractivity contribution in [2.45, 2.75) is 6.54 Å². The van der Waals surface area contributed by atoms with Crippen molar-refractivity contribution in [2.75, 3.05) is 0 Å². The Morgan fingerprint density at radius 1 is 1.31 bits per heavy atom. The maximum Gasteiger partial charge on any atom is 0.138 e. The molecule has 1 heterocycles. The van der Waals surface area contributed by atoms with Gasteiger partial charge in [0.25, 0.3) is 0 Å². The molecule has 1 aromatic carbocycles. The zero-order chi connectivity index (χ0) is 11.2. The first-order chi connectivity index (χ1) is 7.88. The highest BCUT2D eigenvalue weighted by Gasteiger charge is 1.90. The normalized spacial score (nSPS) is 10.4. The molecule has 0 amide bonds. The molecule has 78 valence electrons. The smallest absolute Gasteiger partial charge is 0.138 e. The van der Waals surface area contributed by atoms with Crippen LogP contribution in [0.25, 0.3) is 6.08 Å². The van der Waals surface area contributed by atoms with Crippen LogP contribution in [0.1, 0.15) is 11.1 Å². The molecule has 16 heavy (non-hydrogen) atoms. The van der Waals surface area contributed by atoms with Crippen LogP contribution in [0.5, 0.6) is 0 Å². The molecule has 0 aliphatic rings.